The Labute approximate surface area is 150 Å². The van der Waals surface area contributed by atoms with E-state index in [-0.39, 0.29) is 0 Å². The molecule has 5 nitrogen and oxygen atoms in total. The highest BCUT2D eigenvalue weighted by molar-refractivity contribution is 6.33. The minimum Gasteiger partial charge on any atom is -0.383 e. The van der Waals surface area contributed by atoms with Gasteiger partial charge in [0.2, 0.25) is 0 Å². The van der Waals surface area contributed by atoms with Crippen molar-refractivity contribution in [1.29, 1.82) is 0 Å². The third-order valence-electron chi connectivity index (χ3n) is 5.26. The first kappa shape index (κ1) is 14.8. The number of piperazine rings is 1. The minimum absolute atomic E-state index is 0.312. The summed E-state index contributed by atoms with van der Waals surface area (Å²) in [5, 5.41) is 4.05. The molecule has 0 spiro atoms. The van der Waals surface area contributed by atoms with Crippen molar-refractivity contribution in [1.82, 2.24) is 19.9 Å². The minimum atomic E-state index is 0.312. The van der Waals surface area contributed by atoms with Gasteiger partial charge in [-0.2, -0.15) is 0 Å². The highest BCUT2D eigenvalue weighted by Gasteiger charge is 2.41. The lowest BCUT2D eigenvalue weighted by Gasteiger charge is -2.30. The summed E-state index contributed by atoms with van der Waals surface area (Å²) < 4.78 is 2.08. The van der Waals surface area contributed by atoms with Crippen LogP contribution >= 0.6 is 11.6 Å². The van der Waals surface area contributed by atoms with E-state index in [9.17, 15) is 0 Å². The lowest BCUT2D eigenvalue weighted by atomic mass is 10.2. The number of aryl methyl sites for hydroxylation is 1. The van der Waals surface area contributed by atoms with Crippen molar-refractivity contribution in [2.24, 2.45) is 7.05 Å². The van der Waals surface area contributed by atoms with Crippen molar-refractivity contribution in [2.75, 3.05) is 11.4 Å². The van der Waals surface area contributed by atoms with Gasteiger partial charge >= 0.3 is 0 Å². The number of rotatable bonds is 2. The predicted octanol–water partition coefficient (Wildman–Crippen LogP) is 3.35. The molecule has 0 unspecified atom stereocenters. The molecule has 1 N–H and O–H groups in total. The van der Waals surface area contributed by atoms with Crippen LogP contribution in [0.5, 0.6) is 0 Å². The zero-order valence-electron chi connectivity index (χ0n) is 13.9. The van der Waals surface area contributed by atoms with Crippen LogP contribution in [-0.4, -0.2) is 33.2 Å². The normalized spacial score (nSPS) is 22.0. The lowest BCUT2D eigenvalue weighted by molar-refractivity contribution is 0.638. The molecule has 0 amide bonds. The maximum atomic E-state index is 6.48. The molecule has 6 heteroatoms. The number of hydrogen-bond donors (Lipinski definition) is 1. The fourth-order valence-corrected chi connectivity index (χ4v) is 4.21. The van der Waals surface area contributed by atoms with Crippen LogP contribution in [0.4, 0.5) is 5.82 Å². The monoisotopic (exact) mass is 351 g/mol. The molecule has 2 fully saturated rings. The van der Waals surface area contributed by atoms with Gasteiger partial charge in [0.05, 0.1) is 22.1 Å². The zero-order chi connectivity index (χ0) is 17.1. The van der Waals surface area contributed by atoms with Gasteiger partial charge in [-0.05, 0) is 24.6 Å². The van der Waals surface area contributed by atoms with Gasteiger partial charge in [0.1, 0.15) is 11.6 Å². The summed E-state index contributed by atoms with van der Waals surface area (Å²) in [6.45, 7) is 5.08. The standard InChI is InChI=1S/C19H18ClN5/c1-11-17-7-12(22-11)10-25(17)18-8-13(14(20)9-21-18)19-23-15-5-3-4-6-16(15)24(19)2/h3-6,8-9,12,17,22H,1,7,10H2,2H3/t12-,17-/m0/s1. The number of para-hydroxylation sites is 2. The van der Waals surface area contributed by atoms with Crippen molar-refractivity contribution in [3.05, 3.63) is 53.8 Å². The van der Waals surface area contributed by atoms with Crippen LogP contribution < -0.4 is 10.2 Å². The Morgan fingerprint density at radius 3 is 2.92 bits per heavy atom. The van der Waals surface area contributed by atoms with Gasteiger partial charge in [0, 0.05) is 37.1 Å². The second-order valence-electron chi connectivity index (χ2n) is 6.78. The maximum absolute atomic E-state index is 6.48. The van der Waals surface area contributed by atoms with E-state index in [4.69, 9.17) is 16.6 Å². The van der Waals surface area contributed by atoms with E-state index < -0.39 is 0 Å². The summed E-state index contributed by atoms with van der Waals surface area (Å²) in [7, 11) is 2.02. The van der Waals surface area contributed by atoms with Crippen LogP contribution in [0.15, 0.2) is 48.8 Å². The van der Waals surface area contributed by atoms with E-state index in [2.05, 4.69) is 38.5 Å². The zero-order valence-corrected chi connectivity index (χ0v) is 14.7. The maximum Gasteiger partial charge on any atom is 0.142 e. The fourth-order valence-electron chi connectivity index (χ4n) is 4.02. The predicted molar refractivity (Wildman–Crippen MR) is 101 cm³/mol. The van der Waals surface area contributed by atoms with Crippen molar-refractivity contribution < 1.29 is 0 Å². The van der Waals surface area contributed by atoms with E-state index in [0.717, 1.165) is 46.9 Å². The van der Waals surface area contributed by atoms with Crippen LogP contribution in [0, 0.1) is 0 Å². The molecule has 0 saturated carbocycles. The Kier molecular flexibility index (Phi) is 3.09. The molecule has 2 bridgehead atoms. The number of nitrogens with zero attached hydrogens (tertiary/aromatic N) is 4. The molecule has 3 aromatic rings. The average molecular weight is 352 g/mol. The Balaban J connectivity index is 1.62. The quantitative estimate of drug-likeness (QED) is 0.769. The topological polar surface area (TPSA) is 46.0 Å². The SMILES string of the molecule is C=C1N[C@H]2C[C@@H]1N(c1cc(-c3nc4ccccc4n3C)c(Cl)cn1)C2. The number of fused-ring (bicyclic) bond motifs is 3. The van der Waals surface area contributed by atoms with E-state index in [0.29, 0.717) is 17.1 Å². The van der Waals surface area contributed by atoms with Gasteiger partial charge in [0.15, 0.2) is 0 Å². The van der Waals surface area contributed by atoms with Crippen molar-refractivity contribution in [3.63, 3.8) is 0 Å². The largest absolute Gasteiger partial charge is 0.383 e. The van der Waals surface area contributed by atoms with Gasteiger partial charge in [0.25, 0.3) is 0 Å². The van der Waals surface area contributed by atoms with Crippen LogP contribution in [-0.2, 0) is 7.05 Å². The molecular weight excluding hydrogens is 334 g/mol. The summed E-state index contributed by atoms with van der Waals surface area (Å²) in [4.78, 5) is 11.7. The van der Waals surface area contributed by atoms with Gasteiger partial charge in [-0.1, -0.05) is 30.3 Å². The highest BCUT2D eigenvalue weighted by atomic mass is 35.5. The number of halogens is 1. The molecular formula is C19H18ClN5. The second kappa shape index (κ2) is 5.23. The van der Waals surface area contributed by atoms with Crippen molar-refractivity contribution in [2.45, 2.75) is 18.5 Å². The number of benzene rings is 1. The molecule has 25 heavy (non-hydrogen) atoms. The Bertz CT molecular complexity index is 1010. The van der Waals surface area contributed by atoms with Crippen LogP contribution in [0.2, 0.25) is 5.02 Å². The average Bonchev–Trinajstić information content (AvgIpc) is 3.28. The second-order valence-corrected chi connectivity index (χ2v) is 7.18. The lowest BCUT2D eigenvalue weighted by Crippen LogP contribution is -2.42. The molecule has 0 radical (unpaired) electrons. The number of pyridine rings is 1. The first-order chi connectivity index (χ1) is 12.1. The number of imidazole rings is 1. The molecule has 5 rings (SSSR count). The molecule has 4 heterocycles. The fraction of sp³-hybridized carbons (Fsp3) is 0.263. The molecule has 2 aliphatic heterocycles. The molecule has 2 aromatic heterocycles. The molecule has 1 aromatic carbocycles. The number of nitrogens with one attached hydrogen (secondary N) is 1. The first-order valence-corrected chi connectivity index (χ1v) is 8.79. The smallest absolute Gasteiger partial charge is 0.142 e. The third kappa shape index (κ3) is 2.15. The first-order valence-electron chi connectivity index (χ1n) is 8.41. The summed E-state index contributed by atoms with van der Waals surface area (Å²) in [6, 6.07) is 10.9. The van der Waals surface area contributed by atoms with Gasteiger partial charge in [-0.3, -0.25) is 0 Å². The van der Waals surface area contributed by atoms with Gasteiger partial charge in [-0.15, -0.1) is 0 Å². The third-order valence-corrected chi connectivity index (χ3v) is 5.56. The van der Waals surface area contributed by atoms with E-state index in [1.165, 1.54) is 0 Å². The van der Waals surface area contributed by atoms with E-state index in [1.807, 2.05) is 25.2 Å². The van der Waals surface area contributed by atoms with E-state index >= 15 is 0 Å². The molecule has 2 aliphatic rings. The summed E-state index contributed by atoms with van der Waals surface area (Å²) in [6.07, 6.45) is 2.82. The molecule has 2 atom stereocenters. The summed E-state index contributed by atoms with van der Waals surface area (Å²) >= 11 is 6.48. The highest BCUT2D eigenvalue weighted by Crippen LogP contribution is 2.36. The molecule has 126 valence electrons. The number of anilines is 1. The number of aromatic nitrogens is 3. The van der Waals surface area contributed by atoms with Crippen LogP contribution in [0.1, 0.15) is 6.42 Å². The Morgan fingerprint density at radius 1 is 1.32 bits per heavy atom. The van der Waals surface area contributed by atoms with Gasteiger partial charge < -0.3 is 14.8 Å². The van der Waals surface area contributed by atoms with Gasteiger partial charge in [-0.25, -0.2) is 9.97 Å². The van der Waals surface area contributed by atoms with Crippen LogP contribution in [0.3, 0.4) is 0 Å². The van der Waals surface area contributed by atoms with Crippen LogP contribution in [0.25, 0.3) is 22.4 Å². The Morgan fingerprint density at radius 2 is 2.16 bits per heavy atom. The number of hydrogen-bond acceptors (Lipinski definition) is 4. The molecule has 0 aliphatic carbocycles. The molecule has 2 saturated heterocycles. The Hall–Kier alpha value is -2.53. The summed E-state index contributed by atoms with van der Waals surface area (Å²) in [5.41, 5.74) is 4.04. The van der Waals surface area contributed by atoms with E-state index in [1.54, 1.807) is 6.20 Å². The summed E-state index contributed by atoms with van der Waals surface area (Å²) in [5.74, 6) is 1.79. The van der Waals surface area contributed by atoms with Crippen molar-refractivity contribution in [3.8, 4) is 11.4 Å². The van der Waals surface area contributed by atoms with Crippen molar-refractivity contribution >= 4 is 28.5 Å².